The fourth-order valence-electron chi connectivity index (χ4n) is 1.24. The summed E-state index contributed by atoms with van der Waals surface area (Å²) in [4.78, 5) is 23.6. The van der Waals surface area contributed by atoms with Gasteiger partial charge in [-0.2, -0.15) is 0 Å². The van der Waals surface area contributed by atoms with Gasteiger partial charge in [0, 0.05) is 6.92 Å². The van der Waals surface area contributed by atoms with Crippen molar-refractivity contribution in [3.63, 3.8) is 0 Å². The third kappa shape index (κ3) is 2.04. The summed E-state index contributed by atoms with van der Waals surface area (Å²) >= 11 is 0. The lowest BCUT2D eigenvalue weighted by atomic mass is 10.3. The minimum absolute atomic E-state index is 0.0707. The fraction of sp³-hybridized carbons (Fsp3) is 0.556. The summed E-state index contributed by atoms with van der Waals surface area (Å²) in [6.07, 6.45) is 0. The van der Waals surface area contributed by atoms with E-state index in [1.807, 2.05) is 0 Å². The molecule has 0 bridgehead atoms. The van der Waals surface area contributed by atoms with Gasteiger partial charge in [-0.15, -0.1) is 0 Å². The van der Waals surface area contributed by atoms with Crippen molar-refractivity contribution in [3.8, 4) is 0 Å². The SMILES string of the molecule is CCOC(=O)C1=C(O)CN(C(C)=O)C1. The molecule has 0 aromatic rings. The summed E-state index contributed by atoms with van der Waals surface area (Å²) < 4.78 is 4.73. The molecular formula is C9H13NO4. The maximum absolute atomic E-state index is 11.2. The monoisotopic (exact) mass is 199 g/mol. The lowest BCUT2D eigenvalue weighted by molar-refractivity contribution is -0.138. The Morgan fingerprint density at radius 1 is 1.50 bits per heavy atom. The number of nitrogens with zero attached hydrogens (tertiary/aromatic N) is 1. The average molecular weight is 199 g/mol. The van der Waals surface area contributed by atoms with Crippen LogP contribution in [0.15, 0.2) is 11.3 Å². The highest BCUT2D eigenvalue weighted by atomic mass is 16.5. The number of ether oxygens (including phenoxy) is 1. The molecule has 0 unspecified atom stereocenters. The summed E-state index contributed by atoms with van der Waals surface area (Å²) in [5.41, 5.74) is 0.182. The van der Waals surface area contributed by atoms with Crippen LogP contribution >= 0.6 is 0 Å². The molecular weight excluding hydrogens is 186 g/mol. The molecule has 0 atom stereocenters. The van der Waals surface area contributed by atoms with Crippen LogP contribution in [-0.2, 0) is 14.3 Å². The van der Waals surface area contributed by atoms with E-state index in [4.69, 9.17) is 4.74 Å². The van der Waals surface area contributed by atoms with Crippen LogP contribution in [0.2, 0.25) is 0 Å². The predicted octanol–water partition coefficient (Wildman–Crippen LogP) is 0.224. The Morgan fingerprint density at radius 2 is 2.14 bits per heavy atom. The molecule has 0 fully saturated rings. The molecule has 0 radical (unpaired) electrons. The first kappa shape index (κ1) is 10.6. The molecule has 1 amide bonds. The lowest BCUT2D eigenvalue weighted by Crippen LogP contribution is -2.27. The van der Waals surface area contributed by atoms with E-state index in [0.717, 1.165) is 0 Å². The van der Waals surface area contributed by atoms with Crippen molar-refractivity contribution in [2.45, 2.75) is 13.8 Å². The van der Waals surface area contributed by atoms with Crippen molar-refractivity contribution in [1.82, 2.24) is 4.90 Å². The summed E-state index contributed by atoms with van der Waals surface area (Å²) in [6, 6.07) is 0. The second kappa shape index (κ2) is 4.13. The quantitative estimate of drug-likeness (QED) is 0.646. The van der Waals surface area contributed by atoms with E-state index in [1.165, 1.54) is 11.8 Å². The van der Waals surface area contributed by atoms with Crippen LogP contribution in [-0.4, -0.2) is 41.6 Å². The Morgan fingerprint density at radius 3 is 2.57 bits per heavy atom. The summed E-state index contributed by atoms with van der Waals surface area (Å²) in [6.45, 7) is 3.58. The molecule has 0 aromatic carbocycles. The smallest absolute Gasteiger partial charge is 0.339 e. The summed E-state index contributed by atoms with van der Waals surface area (Å²) in [5, 5.41) is 9.39. The van der Waals surface area contributed by atoms with Gasteiger partial charge in [0.15, 0.2) is 0 Å². The van der Waals surface area contributed by atoms with Crippen molar-refractivity contribution in [1.29, 1.82) is 0 Å². The number of aliphatic hydroxyl groups excluding tert-OH is 1. The van der Waals surface area contributed by atoms with Crippen LogP contribution in [0.5, 0.6) is 0 Å². The molecule has 1 rings (SSSR count). The molecule has 0 saturated carbocycles. The predicted molar refractivity (Wildman–Crippen MR) is 48.5 cm³/mol. The van der Waals surface area contributed by atoms with Gasteiger partial charge in [-0.25, -0.2) is 4.79 Å². The van der Waals surface area contributed by atoms with E-state index in [0.29, 0.717) is 0 Å². The van der Waals surface area contributed by atoms with Gasteiger partial charge in [0.05, 0.1) is 25.3 Å². The molecule has 5 nitrogen and oxygen atoms in total. The number of esters is 1. The molecule has 0 aromatic heterocycles. The molecule has 0 saturated heterocycles. The molecule has 1 N–H and O–H groups in total. The first-order valence-electron chi connectivity index (χ1n) is 4.39. The Labute approximate surface area is 82.0 Å². The van der Waals surface area contributed by atoms with Crippen molar-refractivity contribution >= 4 is 11.9 Å². The largest absolute Gasteiger partial charge is 0.510 e. The zero-order valence-electron chi connectivity index (χ0n) is 8.24. The molecule has 0 aliphatic carbocycles. The average Bonchev–Trinajstić information content (AvgIpc) is 2.48. The first-order chi connectivity index (χ1) is 6.56. The number of hydrogen-bond donors (Lipinski definition) is 1. The normalized spacial score (nSPS) is 16.0. The van der Waals surface area contributed by atoms with Gasteiger partial charge in [-0.05, 0) is 6.92 Å². The maximum atomic E-state index is 11.2. The van der Waals surface area contributed by atoms with E-state index in [9.17, 15) is 14.7 Å². The van der Waals surface area contributed by atoms with Crippen LogP contribution in [0.25, 0.3) is 0 Å². The molecule has 0 spiro atoms. The van der Waals surface area contributed by atoms with Crippen molar-refractivity contribution < 1.29 is 19.4 Å². The zero-order chi connectivity index (χ0) is 10.7. The van der Waals surface area contributed by atoms with Gasteiger partial charge in [-0.3, -0.25) is 4.79 Å². The number of rotatable bonds is 2. The highest BCUT2D eigenvalue weighted by Crippen LogP contribution is 2.16. The van der Waals surface area contributed by atoms with Crippen LogP contribution < -0.4 is 0 Å². The number of carbonyl (C=O) groups is 2. The Bertz CT molecular complexity index is 295. The van der Waals surface area contributed by atoms with Gasteiger partial charge < -0.3 is 14.7 Å². The molecule has 14 heavy (non-hydrogen) atoms. The minimum Gasteiger partial charge on any atom is -0.510 e. The van der Waals surface area contributed by atoms with Gasteiger partial charge in [0.25, 0.3) is 0 Å². The molecule has 1 aliphatic heterocycles. The zero-order valence-corrected chi connectivity index (χ0v) is 8.24. The molecule has 5 heteroatoms. The third-order valence-corrected chi connectivity index (χ3v) is 2.01. The van der Waals surface area contributed by atoms with Crippen LogP contribution in [0.3, 0.4) is 0 Å². The van der Waals surface area contributed by atoms with E-state index < -0.39 is 5.97 Å². The van der Waals surface area contributed by atoms with Crippen LogP contribution in [0.1, 0.15) is 13.8 Å². The summed E-state index contributed by atoms with van der Waals surface area (Å²) in [7, 11) is 0. The number of aliphatic hydroxyl groups is 1. The summed E-state index contributed by atoms with van der Waals surface area (Å²) in [5.74, 6) is -0.789. The Balaban J connectivity index is 2.67. The number of amides is 1. The highest BCUT2D eigenvalue weighted by Gasteiger charge is 2.28. The highest BCUT2D eigenvalue weighted by molar-refractivity contribution is 5.91. The maximum Gasteiger partial charge on any atom is 0.339 e. The van der Waals surface area contributed by atoms with Crippen LogP contribution in [0, 0.1) is 0 Å². The van der Waals surface area contributed by atoms with Crippen molar-refractivity contribution in [3.05, 3.63) is 11.3 Å². The number of hydrogen-bond acceptors (Lipinski definition) is 4. The second-order valence-corrected chi connectivity index (χ2v) is 3.02. The second-order valence-electron chi connectivity index (χ2n) is 3.02. The van der Waals surface area contributed by atoms with E-state index in [2.05, 4.69) is 0 Å². The molecule has 1 heterocycles. The van der Waals surface area contributed by atoms with E-state index >= 15 is 0 Å². The van der Waals surface area contributed by atoms with Gasteiger partial charge in [-0.1, -0.05) is 0 Å². The first-order valence-corrected chi connectivity index (χ1v) is 4.39. The Hall–Kier alpha value is -1.52. The standard InChI is InChI=1S/C9H13NO4/c1-3-14-9(13)7-4-10(6(2)11)5-8(7)12/h12H,3-5H2,1-2H3. The molecule has 1 aliphatic rings. The van der Waals surface area contributed by atoms with E-state index in [1.54, 1.807) is 6.92 Å². The van der Waals surface area contributed by atoms with E-state index in [-0.39, 0.29) is 36.9 Å². The minimum atomic E-state index is -0.547. The van der Waals surface area contributed by atoms with Crippen molar-refractivity contribution in [2.24, 2.45) is 0 Å². The van der Waals surface area contributed by atoms with Crippen LogP contribution in [0.4, 0.5) is 0 Å². The third-order valence-electron chi connectivity index (χ3n) is 2.01. The number of carbonyl (C=O) groups excluding carboxylic acids is 2. The van der Waals surface area contributed by atoms with Crippen molar-refractivity contribution in [2.75, 3.05) is 19.7 Å². The molecule has 78 valence electrons. The van der Waals surface area contributed by atoms with Gasteiger partial charge in [0.2, 0.25) is 5.91 Å². The topological polar surface area (TPSA) is 66.8 Å². The van der Waals surface area contributed by atoms with Gasteiger partial charge in [0.1, 0.15) is 5.76 Å². The fourth-order valence-corrected chi connectivity index (χ4v) is 1.24. The lowest BCUT2D eigenvalue weighted by Gasteiger charge is -2.11. The van der Waals surface area contributed by atoms with Gasteiger partial charge >= 0.3 is 5.97 Å². The Kier molecular flexibility index (Phi) is 3.11.